The lowest BCUT2D eigenvalue weighted by atomic mass is 10.3. The SMILES string of the molecule is Cc1nn2c(=O)[nH]cnc2c1C. The first-order chi connectivity index (χ1) is 5.70. The van der Waals surface area contributed by atoms with Crippen LogP contribution in [0.5, 0.6) is 0 Å². The van der Waals surface area contributed by atoms with E-state index in [2.05, 4.69) is 15.1 Å². The van der Waals surface area contributed by atoms with Crippen molar-refractivity contribution in [1.29, 1.82) is 0 Å². The molecule has 62 valence electrons. The van der Waals surface area contributed by atoms with Crippen LogP contribution in [0.3, 0.4) is 0 Å². The fourth-order valence-electron chi connectivity index (χ4n) is 1.10. The molecular weight excluding hydrogens is 156 g/mol. The van der Waals surface area contributed by atoms with Crippen molar-refractivity contribution in [2.45, 2.75) is 13.8 Å². The van der Waals surface area contributed by atoms with Crippen molar-refractivity contribution in [3.63, 3.8) is 0 Å². The lowest BCUT2D eigenvalue weighted by molar-refractivity contribution is 0.828. The van der Waals surface area contributed by atoms with Crippen LogP contribution in [0, 0.1) is 13.8 Å². The van der Waals surface area contributed by atoms with Crippen LogP contribution in [0.15, 0.2) is 11.1 Å². The number of aromatic amines is 1. The Morgan fingerprint density at radius 2 is 2.25 bits per heavy atom. The van der Waals surface area contributed by atoms with Gasteiger partial charge in [0, 0.05) is 5.56 Å². The van der Waals surface area contributed by atoms with Crippen molar-refractivity contribution >= 4 is 5.65 Å². The largest absolute Gasteiger partial charge is 0.349 e. The molecule has 2 heterocycles. The van der Waals surface area contributed by atoms with E-state index < -0.39 is 0 Å². The number of rotatable bonds is 0. The molecule has 0 radical (unpaired) electrons. The molecule has 2 aromatic rings. The number of aryl methyl sites for hydroxylation is 2. The van der Waals surface area contributed by atoms with Crippen molar-refractivity contribution in [3.05, 3.63) is 28.1 Å². The van der Waals surface area contributed by atoms with E-state index in [9.17, 15) is 4.79 Å². The monoisotopic (exact) mass is 164 g/mol. The van der Waals surface area contributed by atoms with Gasteiger partial charge in [0.1, 0.15) is 0 Å². The zero-order valence-corrected chi connectivity index (χ0v) is 6.83. The number of hydrogen-bond acceptors (Lipinski definition) is 3. The summed E-state index contributed by atoms with van der Waals surface area (Å²) >= 11 is 0. The van der Waals surface area contributed by atoms with Crippen LogP contribution in [0.25, 0.3) is 5.65 Å². The summed E-state index contributed by atoms with van der Waals surface area (Å²) in [7, 11) is 0. The molecule has 0 atom stereocenters. The predicted octanol–water partition coefficient (Wildman–Crippen LogP) is 0.0344. The van der Waals surface area contributed by atoms with Gasteiger partial charge >= 0.3 is 5.69 Å². The quantitative estimate of drug-likeness (QED) is 0.597. The molecule has 5 heteroatoms. The van der Waals surface area contributed by atoms with Gasteiger partial charge < -0.3 is 0 Å². The first kappa shape index (κ1) is 7.02. The first-order valence-corrected chi connectivity index (χ1v) is 3.60. The van der Waals surface area contributed by atoms with Gasteiger partial charge in [0.2, 0.25) is 0 Å². The van der Waals surface area contributed by atoms with Crippen LogP contribution in [0.2, 0.25) is 0 Å². The highest BCUT2D eigenvalue weighted by atomic mass is 16.1. The van der Waals surface area contributed by atoms with E-state index >= 15 is 0 Å². The van der Waals surface area contributed by atoms with Crippen molar-refractivity contribution in [1.82, 2.24) is 19.6 Å². The van der Waals surface area contributed by atoms with Crippen LogP contribution in [-0.4, -0.2) is 19.6 Å². The van der Waals surface area contributed by atoms with Crippen LogP contribution < -0.4 is 5.69 Å². The minimum atomic E-state index is -0.254. The van der Waals surface area contributed by atoms with Gasteiger partial charge in [0.15, 0.2) is 5.65 Å². The van der Waals surface area contributed by atoms with E-state index in [1.54, 1.807) is 0 Å². The molecule has 0 saturated carbocycles. The van der Waals surface area contributed by atoms with Gasteiger partial charge in [-0.05, 0) is 13.8 Å². The Bertz CT molecular complexity index is 482. The molecule has 0 aliphatic rings. The Kier molecular flexibility index (Phi) is 1.27. The molecule has 12 heavy (non-hydrogen) atoms. The molecule has 0 unspecified atom stereocenters. The van der Waals surface area contributed by atoms with Crippen LogP contribution in [-0.2, 0) is 0 Å². The Morgan fingerprint density at radius 1 is 1.50 bits per heavy atom. The van der Waals surface area contributed by atoms with Gasteiger partial charge in [0.25, 0.3) is 0 Å². The molecule has 0 amide bonds. The first-order valence-electron chi connectivity index (χ1n) is 3.60. The fourth-order valence-corrected chi connectivity index (χ4v) is 1.10. The Hall–Kier alpha value is -1.65. The number of H-pyrrole nitrogens is 1. The summed E-state index contributed by atoms with van der Waals surface area (Å²) in [6.45, 7) is 3.74. The van der Waals surface area contributed by atoms with E-state index in [1.807, 2.05) is 13.8 Å². The van der Waals surface area contributed by atoms with E-state index in [0.29, 0.717) is 5.65 Å². The number of nitrogens with one attached hydrogen (secondary N) is 1. The molecule has 0 aliphatic carbocycles. The number of fused-ring (bicyclic) bond motifs is 1. The fraction of sp³-hybridized carbons (Fsp3) is 0.286. The third-order valence-corrected chi connectivity index (χ3v) is 1.90. The average molecular weight is 164 g/mol. The normalized spacial score (nSPS) is 10.8. The van der Waals surface area contributed by atoms with Crippen molar-refractivity contribution in [2.24, 2.45) is 0 Å². The maximum Gasteiger partial charge on any atom is 0.349 e. The lowest BCUT2D eigenvalue weighted by Gasteiger charge is -1.88. The minimum absolute atomic E-state index is 0.254. The molecule has 2 rings (SSSR count). The zero-order valence-electron chi connectivity index (χ0n) is 6.83. The summed E-state index contributed by atoms with van der Waals surface area (Å²) in [6.07, 6.45) is 1.38. The van der Waals surface area contributed by atoms with Gasteiger partial charge in [-0.25, -0.2) is 9.78 Å². The predicted molar refractivity (Wildman–Crippen MR) is 43.1 cm³/mol. The Balaban J connectivity index is 3.05. The van der Waals surface area contributed by atoms with E-state index in [4.69, 9.17) is 0 Å². The Morgan fingerprint density at radius 3 is 2.92 bits per heavy atom. The summed E-state index contributed by atoms with van der Waals surface area (Å²) in [5, 5.41) is 4.02. The highest BCUT2D eigenvalue weighted by Gasteiger charge is 2.06. The van der Waals surface area contributed by atoms with Crippen LogP contribution in [0.1, 0.15) is 11.3 Å². The Labute approximate surface area is 68.1 Å². The maximum absolute atomic E-state index is 11.1. The van der Waals surface area contributed by atoms with Gasteiger partial charge in [-0.15, -0.1) is 0 Å². The molecule has 5 nitrogen and oxygen atoms in total. The standard InChI is InChI=1S/C7H8N4O/c1-4-5(2)10-11-6(4)8-3-9-7(11)12/h3H,1-2H3,(H,8,9,12). The molecule has 0 spiro atoms. The molecule has 1 N–H and O–H groups in total. The third kappa shape index (κ3) is 0.761. The van der Waals surface area contributed by atoms with E-state index in [0.717, 1.165) is 11.3 Å². The van der Waals surface area contributed by atoms with E-state index in [1.165, 1.54) is 10.8 Å². The second kappa shape index (κ2) is 2.17. The van der Waals surface area contributed by atoms with Crippen molar-refractivity contribution in [3.8, 4) is 0 Å². The van der Waals surface area contributed by atoms with Crippen LogP contribution >= 0.6 is 0 Å². The summed E-state index contributed by atoms with van der Waals surface area (Å²) < 4.78 is 1.27. The molecule has 0 saturated heterocycles. The number of hydrogen-bond donors (Lipinski definition) is 1. The lowest BCUT2D eigenvalue weighted by Crippen LogP contribution is -2.17. The van der Waals surface area contributed by atoms with Crippen LogP contribution in [0.4, 0.5) is 0 Å². The smallest absolute Gasteiger partial charge is 0.296 e. The summed E-state index contributed by atoms with van der Waals surface area (Å²) in [6, 6.07) is 0. The molecule has 0 aromatic carbocycles. The number of nitrogens with zero attached hydrogens (tertiary/aromatic N) is 3. The second-order valence-electron chi connectivity index (χ2n) is 2.65. The van der Waals surface area contributed by atoms with Gasteiger partial charge in [-0.1, -0.05) is 0 Å². The van der Waals surface area contributed by atoms with Gasteiger partial charge in [0.05, 0.1) is 12.0 Å². The highest BCUT2D eigenvalue weighted by Crippen LogP contribution is 2.07. The third-order valence-electron chi connectivity index (χ3n) is 1.90. The minimum Gasteiger partial charge on any atom is -0.296 e. The average Bonchev–Trinajstić information content (AvgIpc) is 2.32. The molecule has 0 bridgehead atoms. The summed E-state index contributed by atoms with van der Waals surface area (Å²) in [5.74, 6) is 0. The van der Waals surface area contributed by atoms with Crippen molar-refractivity contribution in [2.75, 3.05) is 0 Å². The van der Waals surface area contributed by atoms with Gasteiger partial charge in [-0.2, -0.15) is 9.61 Å². The summed E-state index contributed by atoms with van der Waals surface area (Å²) in [4.78, 5) is 17.6. The summed E-state index contributed by atoms with van der Waals surface area (Å²) in [5.41, 5.74) is 2.15. The maximum atomic E-state index is 11.1. The van der Waals surface area contributed by atoms with Crippen molar-refractivity contribution < 1.29 is 0 Å². The topological polar surface area (TPSA) is 63.1 Å². The van der Waals surface area contributed by atoms with E-state index in [-0.39, 0.29) is 5.69 Å². The molecular formula is C7H8N4O. The molecule has 0 fully saturated rings. The zero-order chi connectivity index (χ0) is 8.72. The van der Waals surface area contributed by atoms with Gasteiger partial charge in [-0.3, -0.25) is 4.98 Å². The molecule has 2 aromatic heterocycles. The number of aromatic nitrogens is 4. The molecule has 0 aliphatic heterocycles. The highest BCUT2D eigenvalue weighted by molar-refractivity contribution is 5.47. The second-order valence-corrected chi connectivity index (χ2v) is 2.65.